The van der Waals surface area contributed by atoms with Gasteiger partial charge in [-0.05, 0) is 66.0 Å². The summed E-state index contributed by atoms with van der Waals surface area (Å²) in [6.45, 7) is 5.41. The van der Waals surface area contributed by atoms with Crippen LogP contribution in [-0.2, 0) is 0 Å². The fourth-order valence-electron chi connectivity index (χ4n) is 3.73. The molecule has 1 aromatic rings. The van der Waals surface area contributed by atoms with Gasteiger partial charge in [-0.3, -0.25) is 9.80 Å². The zero-order valence-corrected chi connectivity index (χ0v) is 14.6. The Hall–Kier alpha value is -0.130. The summed E-state index contributed by atoms with van der Waals surface area (Å²) in [4.78, 5) is 5.22. The summed E-state index contributed by atoms with van der Waals surface area (Å²) in [5.74, 6) is 0. The molecular weight excluding hydrogens is 350 g/mol. The lowest BCUT2D eigenvalue weighted by atomic mass is 10.0. The summed E-state index contributed by atoms with van der Waals surface area (Å²) in [6, 6.07) is 7.22. The van der Waals surface area contributed by atoms with Crippen molar-refractivity contribution < 1.29 is 0 Å². The zero-order chi connectivity index (χ0) is 14.8. The molecule has 3 nitrogen and oxygen atoms in total. The topological polar surface area (TPSA) is 32.5 Å². The molecule has 2 aliphatic heterocycles. The molecular formula is C16H23BrClN3. The minimum atomic E-state index is 0.274. The van der Waals surface area contributed by atoms with Gasteiger partial charge in [-0.2, -0.15) is 0 Å². The van der Waals surface area contributed by atoms with Crippen LogP contribution in [0.3, 0.4) is 0 Å². The molecule has 1 aromatic carbocycles. The molecule has 0 radical (unpaired) electrons. The highest BCUT2D eigenvalue weighted by molar-refractivity contribution is 9.10. The van der Waals surface area contributed by atoms with E-state index in [0.717, 1.165) is 22.6 Å². The average Bonchev–Trinajstić information content (AvgIpc) is 2.82. The van der Waals surface area contributed by atoms with Crippen LogP contribution in [0.15, 0.2) is 22.7 Å². The maximum Gasteiger partial charge on any atom is 0.0551 e. The Morgan fingerprint density at radius 3 is 2.86 bits per heavy atom. The molecule has 2 aliphatic rings. The molecule has 2 atom stereocenters. The first-order valence-corrected chi connectivity index (χ1v) is 8.99. The van der Waals surface area contributed by atoms with E-state index in [1.54, 1.807) is 0 Å². The van der Waals surface area contributed by atoms with Crippen LogP contribution in [0.1, 0.15) is 30.9 Å². The molecule has 0 spiro atoms. The van der Waals surface area contributed by atoms with Crippen molar-refractivity contribution in [3.8, 4) is 0 Å². The number of rotatable bonds is 3. The first-order chi connectivity index (χ1) is 10.2. The maximum atomic E-state index is 6.26. The predicted octanol–water partition coefficient (Wildman–Crippen LogP) is 3.27. The third-order valence-corrected chi connectivity index (χ3v) is 6.06. The van der Waals surface area contributed by atoms with E-state index in [9.17, 15) is 0 Å². The normalized spacial score (nSPS) is 25.6. The number of nitrogens with two attached hydrogens (primary N) is 1. The molecule has 3 rings (SSSR count). The van der Waals surface area contributed by atoms with E-state index < -0.39 is 0 Å². The molecule has 5 heteroatoms. The molecule has 116 valence electrons. The predicted molar refractivity (Wildman–Crippen MR) is 91.7 cm³/mol. The molecule has 0 bridgehead atoms. The maximum absolute atomic E-state index is 6.26. The Kier molecular flexibility index (Phi) is 5.23. The fraction of sp³-hybridized carbons (Fsp3) is 0.625. The Morgan fingerprint density at radius 2 is 2.10 bits per heavy atom. The highest BCUT2D eigenvalue weighted by Gasteiger charge is 2.31. The van der Waals surface area contributed by atoms with Gasteiger partial charge in [0.05, 0.1) is 5.02 Å². The SMILES string of the molecule is NCC(c1ccc(Br)c(Cl)c1)N1CCCN2CCCC2C1. The van der Waals surface area contributed by atoms with E-state index in [-0.39, 0.29) is 6.04 Å². The third-order valence-electron chi connectivity index (χ3n) is 4.83. The fourth-order valence-corrected chi connectivity index (χ4v) is 4.17. The van der Waals surface area contributed by atoms with Crippen molar-refractivity contribution >= 4 is 27.5 Å². The summed E-state index contributed by atoms with van der Waals surface area (Å²) >= 11 is 9.72. The molecule has 0 saturated carbocycles. The first kappa shape index (κ1) is 15.8. The third kappa shape index (κ3) is 3.45. The Morgan fingerprint density at radius 1 is 1.29 bits per heavy atom. The number of benzene rings is 1. The Labute approximate surface area is 140 Å². The number of fused-ring (bicyclic) bond motifs is 1. The summed E-state index contributed by atoms with van der Waals surface area (Å²) in [5, 5.41) is 0.767. The number of halogens is 2. The van der Waals surface area contributed by atoms with E-state index in [4.69, 9.17) is 17.3 Å². The summed E-state index contributed by atoms with van der Waals surface area (Å²) < 4.78 is 0.946. The number of hydrogen-bond acceptors (Lipinski definition) is 3. The van der Waals surface area contributed by atoms with Crippen LogP contribution in [0.5, 0.6) is 0 Å². The van der Waals surface area contributed by atoms with Crippen LogP contribution in [0.25, 0.3) is 0 Å². The van der Waals surface area contributed by atoms with Crippen LogP contribution < -0.4 is 5.73 Å². The van der Waals surface area contributed by atoms with Crippen molar-refractivity contribution in [2.24, 2.45) is 5.73 Å². The van der Waals surface area contributed by atoms with Crippen LogP contribution >= 0.6 is 27.5 Å². The van der Waals surface area contributed by atoms with E-state index in [1.165, 1.54) is 37.9 Å². The Bertz CT molecular complexity index is 496. The van der Waals surface area contributed by atoms with E-state index in [2.05, 4.69) is 37.9 Å². The lowest BCUT2D eigenvalue weighted by Crippen LogP contribution is -2.40. The van der Waals surface area contributed by atoms with Crippen LogP contribution in [0.2, 0.25) is 5.02 Å². The zero-order valence-electron chi connectivity index (χ0n) is 12.3. The smallest absolute Gasteiger partial charge is 0.0551 e. The number of nitrogens with zero attached hydrogens (tertiary/aromatic N) is 2. The molecule has 21 heavy (non-hydrogen) atoms. The summed E-state index contributed by atoms with van der Waals surface area (Å²) in [5.41, 5.74) is 7.34. The minimum absolute atomic E-state index is 0.274. The van der Waals surface area contributed by atoms with Crippen LogP contribution in [0.4, 0.5) is 0 Å². The van der Waals surface area contributed by atoms with E-state index >= 15 is 0 Å². The largest absolute Gasteiger partial charge is 0.329 e. The van der Waals surface area contributed by atoms with Gasteiger partial charge in [-0.25, -0.2) is 0 Å². The van der Waals surface area contributed by atoms with E-state index in [0.29, 0.717) is 12.6 Å². The summed E-state index contributed by atoms with van der Waals surface area (Å²) in [7, 11) is 0. The second-order valence-corrected chi connectivity index (χ2v) is 7.37. The van der Waals surface area contributed by atoms with Crippen molar-refractivity contribution in [3.05, 3.63) is 33.3 Å². The first-order valence-electron chi connectivity index (χ1n) is 7.82. The van der Waals surface area contributed by atoms with Crippen molar-refractivity contribution in [1.29, 1.82) is 0 Å². The van der Waals surface area contributed by atoms with Crippen LogP contribution in [0, 0.1) is 0 Å². The number of hydrogen-bond donors (Lipinski definition) is 1. The average molecular weight is 373 g/mol. The second-order valence-electron chi connectivity index (χ2n) is 6.11. The molecule has 2 unspecified atom stereocenters. The van der Waals surface area contributed by atoms with Crippen molar-refractivity contribution in [2.45, 2.75) is 31.3 Å². The summed E-state index contributed by atoms with van der Waals surface area (Å²) in [6.07, 6.45) is 3.90. The van der Waals surface area contributed by atoms with Gasteiger partial charge < -0.3 is 5.73 Å². The van der Waals surface area contributed by atoms with Gasteiger partial charge in [0.1, 0.15) is 0 Å². The minimum Gasteiger partial charge on any atom is -0.329 e. The highest BCUT2D eigenvalue weighted by Crippen LogP contribution is 2.30. The Balaban J connectivity index is 1.79. The second kappa shape index (κ2) is 6.97. The van der Waals surface area contributed by atoms with Gasteiger partial charge in [0.15, 0.2) is 0 Å². The lowest BCUT2D eigenvalue weighted by Gasteiger charge is -2.32. The molecule has 2 fully saturated rings. The van der Waals surface area contributed by atoms with Crippen molar-refractivity contribution in [2.75, 3.05) is 32.7 Å². The van der Waals surface area contributed by atoms with Gasteiger partial charge in [0, 0.05) is 36.2 Å². The molecule has 2 N–H and O–H groups in total. The molecule has 2 heterocycles. The molecule has 2 saturated heterocycles. The molecule has 0 aromatic heterocycles. The monoisotopic (exact) mass is 371 g/mol. The standard InChI is InChI=1S/C16H23BrClN3/c17-14-5-4-12(9-15(14)18)16(10-19)21-8-2-7-20-6-1-3-13(20)11-21/h4-5,9,13,16H,1-3,6-8,10-11,19H2. The van der Waals surface area contributed by atoms with Gasteiger partial charge in [-0.15, -0.1) is 0 Å². The highest BCUT2D eigenvalue weighted by atomic mass is 79.9. The van der Waals surface area contributed by atoms with Gasteiger partial charge >= 0.3 is 0 Å². The van der Waals surface area contributed by atoms with Crippen LogP contribution in [-0.4, -0.2) is 48.6 Å². The van der Waals surface area contributed by atoms with Gasteiger partial charge in [0.25, 0.3) is 0 Å². The van der Waals surface area contributed by atoms with Gasteiger partial charge in [0.2, 0.25) is 0 Å². The van der Waals surface area contributed by atoms with Crippen molar-refractivity contribution in [1.82, 2.24) is 9.80 Å². The van der Waals surface area contributed by atoms with E-state index in [1.807, 2.05) is 6.07 Å². The van der Waals surface area contributed by atoms with Crippen molar-refractivity contribution in [3.63, 3.8) is 0 Å². The molecule has 0 amide bonds. The molecule has 0 aliphatic carbocycles. The lowest BCUT2D eigenvalue weighted by molar-refractivity contribution is 0.176. The quantitative estimate of drug-likeness (QED) is 0.884. The van der Waals surface area contributed by atoms with Gasteiger partial charge in [-0.1, -0.05) is 17.7 Å².